The van der Waals surface area contributed by atoms with Gasteiger partial charge in [0.15, 0.2) is 0 Å². The Hall–Kier alpha value is -3.25. The Balaban J connectivity index is 1.51. The molecule has 2 aromatic carbocycles. The molecule has 0 unspecified atom stereocenters. The summed E-state index contributed by atoms with van der Waals surface area (Å²) in [5.74, 6) is 1.10. The highest BCUT2D eigenvalue weighted by molar-refractivity contribution is 6.04. The number of anilines is 1. The number of hydrogen-bond acceptors (Lipinski definition) is 4. The molecule has 1 aliphatic rings. The average Bonchev–Trinajstić information content (AvgIpc) is 3.11. The van der Waals surface area contributed by atoms with E-state index in [0.717, 1.165) is 26.1 Å². The van der Waals surface area contributed by atoms with E-state index in [4.69, 9.17) is 9.47 Å². The third-order valence-electron chi connectivity index (χ3n) is 5.92. The lowest BCUT2D eigenvalue weighted by molar-refractivity contribution is 0.101. The molecule has 6 heteroatoms. The maximum absolute atomic E-state index is 13.1. The van der Waals surface area contributed by atoms with Gasteiger partial charge in [0.1, 0.15) is 17.2 Å². The SMILES string of the molecule is COc1ccc(OC)c(NC(=O)c2cc3c(n2C)CCN(Cc2ccc(C)cc2)C3)c1. The molecule has 0 saturated heterocycles. The third-order valence-corrected chi connectivity index (χ3v) is 5.92. The Morgan fingerprint density at radius 3 is 2.55 bits per heavy atom. The van der Waals surface area contributed by atoms with Gasteiger partial charge >= 0.3 is 0 Å². The van der Waals surface area contributed by atoms with Gasteiger partial charge in [0, 0.05) is 44.9 Å². The number of ether oxygens (including phenoxy) is 2. The molecule has 4 rings (SSSR count). The number of aryl methyl sites for hydroxylation is 1. The zero-order chi connectivity index (χ0) is 22.0. The second-order valence-corrected chi connectivity index (χ2v) is 8.03. The highest BCUT2D eigenvalue weighted by Gasteiger charge is 2.24. The molecule has 0 atom stereocenters. The van der Waals surface area contributed by atoms with Crippen molar-refractivity contribution in [2.45, 2.75) is 26.4 Å². The van der Waals surface area contributed by atoms with Gasteiger partial charge in [-0.25, -0.2) is 0 Å². The van der Waals surface area contributed by atoms with Crippen LogP contribution >= 0.6 is 0 Å². The Morgan fingerprint density at radius 1 is 1.06 bits per heavy atom. The quantitative estimate of drug-likeness (QED) is 0.652. The van der Waals surface area contributed by atoms with Gasteiger partial charge in [-0.3, -0.25) is 9.69 Å². The topological polar surface area (TPSA) is 55.7 Å². The molecule has 0 saturated carbocycles. The van der Waals surface area contributed by atoms with E-state index in [1.807, 2.05) is 17.7 Å². The number of methoxy groups -OCH3 is 2. The highest BCUT2D eigenvalue weighted by Crippen LogP contribution is 2.30. The number of hydrogen-bond donors (Lipinski definition) is 1. The number of fused-ring (bicyclic) bond motifs is 1. The molecule has 1 aliphatic heterocycles. The molecule has 0 aliphatic carbocycles. The maximum Gasteiger partial charge on any atom is 0.272 e. The summed E-state index contributed by atoms with van der Waals surface area (Å²) in [7, 11) is 5.15. The van der Waals surface area contributed by atoms with E-state index in [1.54, 1.807) is 32.4 Å². The van der Waals surface area contributed by atoms with E-state index in [9.17, 15) is 4.79 Å². The first-order valence-electron chi connectivity index (χ1n) is 10.5. The zero-order valence-corrected chi connectivity index (χ0v) is 18.6. The van der Waals surface area contributed by atoms with Gasteiger partial charge in [-0.15, -0.1) is 0 Å². The van der Waals surface area contributed by atoms with Crippen molar-refractivity contribution in [1.82, 2.24) is 9.47 Å². The molecule has 31 heavy (non-hydrogen) atoms. The van der Waals surface area contributed by atoms with Gasteiger partial charge in [-0.1, -0.05) is 29.8 Å². The second kappa shape index (κ2) is 8.86. The van der Waals surface area contributed by atoms with Crippen LogP contribution in [0.15, 0.2) is 48.5 Å². The number of rotatable bonds is 6. The van der Waals surface area contributed by atoms with Crippen molar-refractivity contribution in [1.29, 1.82) is 0 Å². The van der Waals surface area contributed by atoms with E-state index in [1.165, 1.54) is 22.4 Å². The molecular weight excluding hydrogens is 390 g/mol. The van der Waals surface area contributed by atoms with Crippen molar-refractivity contribution in [3.63, 3.8) is 0 Å². The fourth-order valence-electron chi connectivity index (χ4n) is 4.16. The summed E-state index contributed by atoms with van der Waals surface area (Å²) < 4.78 is 12.7. The zero-order valence-electron chi connectivity index (χ0n) is 18.6. The summed E-state index contributed by atoms with van der Waals surface area (Å²) in [6, 6.07) is 16.1. The summed E-state index contributed by atoms with van der Waals surface area (Å²) in [4.78, 5) is 15.5. The van der Waals surface area contributed by atoms with E-state index >= 15 is 0 Å². The normalized spacial score (nSPS) is 13.5. The lowest BCUT2D eigenvalue weighted by Gasteiger charge is -2.27. The smallest absolute Gasteiger partial charge is 0.272 e. The second-order valence-electron chi connectivity index (χ2n) is 8.03. The fourth-order valence-corrected chi connectivity index (χ4v) is 4.16. The Labute approximate surface area is 183 Å². The van der Waals surface area contributed by atoms with Crippen LogP contribution in [-0.2, 0) is 26.6 Å². The van der Waals surface area contributed by atoms with E-state index in [2.05, 4.69) is 41.4 Å². The number of nitrogens with one attached hydrogen (secondary N) is 1. The minimum atomic E-state index is -0.159. The molecule has 6 nitrogen and oxygen atoms in total. The van der Waals surface area contributed by atoms with Crippen LogP contribution in [-0.4, -0.2) is 36.1 Å². The molecule has 2 heterocycles. The summed E-state index contributed by atoms with van der Waals surface area (Å²) >= 11 is 0. The van der Waals surface area contributed by atoms with Gasteiger partial charge in [0.2, 0.25) is 0 Å². The van der Waals surface area contributed by atoms with Crippen LogP contribution < -0.4 is 14.8 Å². The number of carbonyl (C=O) groups is 1. The van der Waals surface area contributed by atoms with Crippen LogP contribution in [0.3, 0.4) is 0 Å². The first-order valence-corrected chi connectivity index (χ1v) is 10.5. The van der Waals surface area contributed by atoms with Crippen molar-refractivity contribution in [3.05, 3.63) is 76.6 Å². The lowest BCUT2D eigenvalue weighted by Crippen LogP contribution is -2.30. The Kier molecular flexibility index (Phi) is 6.00. The van der Waals surface area contributed by atoms with Crippen molar-refractivity contribution in [2.24, 2.45) is 7.05 Å². The molecule has 3 aromatic rings. The van der Waals surface area contributed by atoms with Gasteiger partial charge in [-0.05, 0) is 36.2 Å². The molecule has 1 aromatic heterocycles. The monoisotopic (exact) mass is 419 g/mol. The van der Waals surface area contributed by atoms with Crippen LogP contribution in [0, 0.1) is 6.92 Å². The van der Waals surface area contributed by atoms with E-state index < -0.39 is 0 Å². The Morgan fingerprint density at radius 2 is 1.84 bits per heavy atom. The third kappa shape index (κ3) is 4.44. The molecular formula is C25H29N3O3. The van der Waals surface area contributed by atoms with Crippen LogP contribution in [0.2, 0.25) is 0 Å². The van der Waals surface area contributed by atoms with E-state index in [-0.39, 0.29) is 5.91 Å². The summed E-state index contributed by atoms with van der Waals surface area (Å²) in [6.45, 7) is 4.84. The standard InChI is InChI=1S/C25H29N3O3/c1-17-5-7-18(8-6-17)15-28-12-11-22-19(16-28)13-23(27(22)2)25(29)26-21-14-20(30-3)9-10-24(21)31-4/h5-10,13-14H,11-12,15-16H2,1-4H3,(H,26,29). The molecule has 0 bridgehead atoms. The van der Waals surface area contributed by atoms with E-state index in [0.29, 0.717) is 22.9 Å². The number of benzene rings is 2. The van der Waals surface area contributed by atoms with Crippen LogP contribution in [0.1, 0.15) is 32.9 Å². The average molecular weight is 420 g/mol. The minimum Gasteiger partial charge on any atom is -0.497 e. The molecule has 1 N–H and O–H groups in total. The van der Waals surface area contributed by atoms with Crippen LogP contribution in [0.4, 0.5) is 5.69 Å². The van der Waals surface area contributed by atoms with Crippen molar-refractivity contribution in [2.75, 3.05) is 26.1 Å². The minimum absolute atomic E-state index is 0.159. The first-order chi connectivity index (χ1) is 15.0. The molecule has 162 valence electrons. The summed E-state index contributed by atoms with van der Waals surface area (Å²) in [5.41, 5.74) is 6.26. The van der Waals surface area contributed by atoms with Crippen molar-refractivity contribution < 1.29 is 14.3 Å². The van der Waals surface area contributed by atoms with Crippen LogP contribution in [0.25, 0.3) is 0 Å². The maximum atomic E-state index is 13.1. The van der Waals surface area contributed by atoms with Crippen molar-refractivity contribution in [3.8, 4) is 11.5 Å². The highest BCUT2D eigenvalue weighted by atomic mass is 16.5. The predicted molar refractivity (Wildman–Crippen MR) is 122 cm³/mol. The molecule has 0 spiro atoms. The Bertz CT molecular complexity index is 1090. The molecule has 0 fully saturated rings. The number of nitrogens with zero attached hydrogens (tertiary/aromatic N) is 2. The summed E-state index contributed by atoms with van der Waals surface area (Å²) in [5, 5.41) is 2.98. The lowest BCUT2D eigenvalue weighted by atomic mass is 10.1. The predicted octanol–water partition coefficient (Wildman–Crippen LogP) is 4.16. The molecule has 0 radical (unpaired) electrons. The van der Waals surface area contributed by atoms with Gasteiger partial charge in [0.05, 0.1) is 19.9 Å². The molecule has 1 amide bonds. The van der Waals surface area contributed by atoms with Gasteiger partial charge < -0.3 is 19.4 Å². The number of aromatic nitrogens is 1. The number of amides is 1. The largest absolute Gasteiger partial charge is 0.497 e. The summed E-state index contributed by atoms with van der Waals surface area (Å²) in [6.07, 6.45) is 0.924. The fraction of sp³-hybridized carbons (Fsp3) is 0.320. The first kappa shape index (κ1) is 21.0. The van der Waals surface area contributed by atoms with Gasteiger partial charge in [0.25, 0.3) is 5.91 Å². The van der Waals surface area contributed by atoms with Crippen LogP contribution in [0.5, 0.6) is 11.5 Å². The van der Waals surface area contributed by atoms with Gasteiger partial charge in [-0.2, -0.15) is 0 Å². The van der Waals surface area contributed by atoms with Crippen molar-refractivity contribution >= 4 is 11.6 Å². The number of carbonyl (C=O) groups excluding carboxylic acids is 1.